The Morgan fingerprint density at radius 2 is 2.11 bits per heavy atom. The van der Waals surface area contributed by atoms with Gasteiger partial charge in [-0.3, -0.25) is 9.89 Å². The Labute approximate surface area is 173 Å². The average Bonchev–Trinajstić information content (AvgIpc) is 3.23. The molecule has 0 unspecified atom stereocenters. The number of amides is 1. The van der Waals surface area contributed by atoms with E-state index in [1.165, 1.54) is 18.5 Å². The van der Waals surface area contributed by atoms with E-state index in [1.807, 2.05) is 17.2 Å². The summed E-state index contributed by atoms with van der Waals surface area (Å²) >= 11 is 1.65. The van der Waals surface area contributed by atoms with Crippen molar-refractivity contribution in [3.63, 3.8) is 0 Å². The molecule has 5 rings (SSSR count). The normalized spacial score (nSPS) is 16.8. The van der Waals surface area contributed by atoms with E-state index in [1.54, 1.807) is 11.3 Å². The number of halogens is 1. The topological polar surface area (TPSA) is 85.9 Å². The fourth-order valence-electron chi connectivity index (χ4n) is 3.60. The molecule has 1 saturated carbocycles. The van der Waals surface area contributed by atoms with Crippen molar-refractivity contribution in [3.05, 3.63) is 34.5 Å². The number of thiophene rings is 1. The van der Waals surface area contributed by atoms with E-state index in [4.69, 9.17) is 4.98 Å². The largest absolute Gasteiger partial charge is 0.335 e. The highest BCUT2D eigenvalue weighted by Crippen LogP contribution is 2.40. The molecule has 1 saturated heterocycles. The number of aryl methyl sites for hydroxylation is 1. The van der Waals surface area contributed by atoms with Gasteiger partial charge in [0.1, 0.15) is 11.5 Å². The molecule has 4 heterocycles. The Hall–Kier alpha value is -2.16. The van der Waals surface area contributed by atoms with Crippen LogP contribution in [0.5, 0.6) is 0 Å². The molecule has 0 radical (unpaired) electrons. The third kappa shape index (κ3) is 3.47. The zero-order valence-corrected chi connectivity index (χ0v) is 17.3. The molecule has 28 heavy (non-hydrogen) atoms. The lowest BCUT2D eigenvalue weighted by atomic mass is 10.1. The molecule has 1 amide bonds. The van der Waals surface area contributed by atoms with E-state index in [0.717, 1.165) is 47.6 Å². The van der Waals surface area contributed by atoms with E-state index in [0.29, 0.717) is 17.4 Å². The van der Waals surface area contributed by atoms with Crippen molar-refractivity contribution < 1.29 is 4.79 Å². The van der Waals surface area contributed by atoms with Crippen LogP contribution in [0.2, 0.25) is 0 Å². The van der Waals surface area contributed by atoms with Gasteiger partial charge in [-0.05, 0) is 36.8 Å². The summed E-state index contributed by atoms with van der Waals surface area (Å²) in [6.07, 6.45) is 2.45. The molecule has 2 aliphatic rings. The van der Waals surface area contributed by atoms with Gasteiger partial charge in [-0.25, -0.2) is 4.98 Å². The first-order valence-electron chi connectivity index (χ1n) is 9.41. The first kappa shape index (κ1) is 19.2. The van der Waals surface area contributed by atoms with Gasteiger partial charge in [0.15, 0.2) is 5.82 Å². The third-order valence-corrected chi connectivity index (χ3v) is 6.34. The van der Waals surface area contributed by atoms with E-state index in [9.17, 15) is 4.79 Å². The van der Waals surface area contributed by atoms with Gasteiger partial charge in [0.05, 0.1) is 0 Å². The highest BCUT2D eigenvalue weighted by atomic mass is 35.5. The number of rotatable bonds is 4. The Morgan fingerprint density at radius 1 is 1.32 bits per heavy atom. The predicted molar refractivity (Wildman–Crippen MR) is 114 cm³/mol. The smallest absolute Gasteiger partial charge is 0.272 e. The van der Waals surface area contributed by atoms with Crippen molar-refractivity contribution in [2.45, 2.75) is 25.7 Å². The van der Waals surface area contributed by atoms with Gasteiger partial charge in [0.2, 0.25) is 0 Å². The summed E-state index contributed by atoms with van der Waals surface area (Å²) in [4.78, 5) is 19.7. The number of nitrogens with zero attached hydrogens (tertiary/aromatic N) is 3. The van der Waals surface area contributed by atoms with Crippen molar-refractivity contribution in [3.8, 4) is 0 Å². The number of anilines is 2. The minimum absolute atomic E-state index is 0. The summed E-state index contributed by atoms with van der Waals surface area (Å²) in [7, 11) is 0. The maximum absolute atomic E-state index is 13.1. The second-order valence-corrected chi connectivity index (χ2v) is 8.16. The van der Waals surface area contributed by atoms with Crippen LogP contribution in [-0.4, -0.2) is 52.2 Å². The van der Waals surface area contributed by atoms with Crippen LogP contribution in [0.15, 0.2) is 17.5 Å². The Balaban J connectivity index is 0.00000192. The molecule has 3 aromatic rings. The Morgan fingerprint density at radius 3 is 2.86 bits per heavy atom. The van der Waals surface area contributed by atoms with E-state index in [-0.39, 0.29) is 18.3 Å². The highest BCUT2D eigenvalue weighted by Gasteiger charge is 2.26. The van der Waals surface area contributed by atoms with Gasteiger partial charge < -0.3 is 15.5 Å². The average molecular weight is 419 g/mol. The standard InChI is InChI=1S/C19H22N6OS.ClH/c1-11-16(19(26)25-7-5-20-6-8-25)22-18(13-4-9-27-17(11)13)21-15-10-14(23-24-15)12-2-3-12;/h4,9-10,12,20H,2-3,5-8H2,1H3,(H2,21,22,23,24);1H. The third-order valence-electron chi connectivity index (χ3n) is 5.31. The lowest BCUT2D eigenvalue weighted by molar-refractivity contribution is 0.0729. The first-order chi connectivity index (χ1) is 13.2. The van der Waals surface area contributed by atoms with Gasteiger partial charge in [-0.1, -0.05) is 0 Å². The summed E-state index contributed by atoms with van der Waals surface area (Å²) < 4.78 is 1.10. The van der Waals surface area contributed by atoms with Crippen LogP contribution in [0.1, 0.15) is 40.5 Å². The van der Waals surface area contributed by atoms with Gasteiger partial charge >= 0.3 is 0 Å². The summed E-state index contributed by atoms with van der Waals surface area (Å²) in [6.45, 7) is 5.08. The van der Waals surface area contributed by atoms with Crippen molar-refractivity contribution in [2.24, 2.45) is 0 Å². The van der Waals surface area contributed by atoms with Crippen LogP contribution in [0.25, 0.3) is 10.1 Å². The highest BCUT2D eigenvalue weighted by molar-refractivity contribution is 7.17. The van der Waals surface area contributed by atoms with E-state index >= 15 is 0 Å². The van der Waals surface area contributed by atoms with Gasteiger partial charge in [0.25, 0.3) is 5.91 Å². The van der Waals surface area contributed by atoms with Crippen LogP contribution in [0, 0.1) is 6.92 Å². The molecule has 3 N–H and O–H groups in total. The van der Waals surface area contributed by atoms with Crippen molar-refractivity contribution in [1.29, 1.82) is 0 Å². The molecule has 7 nitrogen and oxygen atoms in total. The quantitative estimate of drug-likeness (QED) is 0.604. The van der Waals surface area contributed by atoms with Crippen molar-refractivity contribution >= 4 is 51.4 Å². The maximum atomic E-state index is 13.1. The number of fused-ring (bicyclic) bond motifs is 1. The molecule has 2 fully saturated rings. The fourth-order valence-corrected chi connectivity index (χ4v) is 4.50. The second-order valence-electron chi connectivity index (χ2n) is 7.25. The predicted octanol–water partition coefficient (Wildman–Crippen LogP) is 3.42. The molecule has 3 aromatic heterocycles. The van der Waals surface area contributed by atoms with Crippen LogP contribution in [-0.2, 0) is 0 Å². The summed E-state index contributed by atoms with van der Waals surface area (Å²) in [6, 6.07) is 4.10. The lowest BCUT2D eigenvalue weighted by Gasteiger charge is -2.27. The molecule has 1 aliphatic heterocycles. The minimum Gasteiger partial charge on any atom is -0.335 e. The second kappa shape index (κ2) is 7.69. The number of piperazine rings is 1. The molecular weight excluding hydrogens is 396 g/mol. The van der Waals surface area contributed by atoms with E-state index in [2.05, 4.69) is 33.0 Å². The molecule has 0 spiro atoms. The molecule has 9 heteroatoms. The summed E-state index contributed by atoms with van der Waals surface area (Å²) in [5.41, 5.74) is 2.66. The Kier molecular flexibility index (Phi) is 5.27. The van der Waals surface area contributed by atoms with Gasteiger partial charge in [-0.2, -0.15) is 5.10 Å². The molecule has 1 aliphatic carbocycles. The van der Waals surface area contributed by atoms with Crippen molar-refractivity contribution in [2.75, 3.05) is 31.5 Å². The molecule has 148 valence electrons. The molecule has 0 bridgehead atoms. The molecular formula is C19H23ClN6OS. The molecule has 0 atom stereocenters. The number of hydrogen-bond donors (Lipinski definition) is 3. The number of aromatic amines is 1. The van der Waals surface area contributed by atoms with Crippen LogP contribution in [0.4, 0.5) is 11.6 Å². The number of aromatic nitrogens is 3. The van der Waals surface area contributed by atoms with Crippen molar-refractivity contribution in [1.82, 2.24) is 25.4 Å². The number of hydrogen-bond acceptors (Lipinski definition) is 6. The summed E-state index contributed by atoms with van der Waals surface area (Å²) in [5.74, 6) is 2.07. The number of H-pyrrole nitrogens is 1. The van der Waals surface area contributed by atoms with Crippen LogP contribution < -0.4 is 10.6 Å². The minimum atomic E-state index is 0. The van der Waals surface area contributed by atoms with E-state index < -0.39 is 0 Å². The number of pyridine rings is 1. The molecule has 0 aromatic carbocycles. The van der Waals surface area contributed by atoms with Gasteiger partial charge in [-0.15, -0.1) is 23.7 Å². The number of carbonyl (C=O) groups excluding carboxylic acids is 1. The lowest BCUT2D eigenvalue weighted by Crippen LogP contribution is -2.46. The number of nitrogens with one attached hydrogen (secondary N) is 3. The fraction of sp³-hybridized carbons (Fsp3) is 0.421. The maximum Gasteiger partial charge on any atom is 0.272 e. The SMILES string of the molecule is Cc1c(C(=O)N2CCNCC2)nc(Nc2cc(C3CC3)[nH]n2)c2ccsc12.Cl. The van der Waals surface area contributed by atoms with Crippen LogP contribution in [0.3, 0.4) is 0 Å². The first-order valence-corrected chi connectivity index (χ1v) is 10.3. The van der Waals surface area contributed by atoms with Gasteiger partial charge in [0, 0.05) is 53.9 Å². The Bertz CT molecular complexity index is 1010. The van der Waals surface area contributed by atoms with Crippen LogP contribution >= 0.6 is 23.7 Å². The number of carbonyl (C=O) groups is 1. The monoisotopic (exact) mass is 418 g/mol. The zero-order valence-electron chi connectivity index (χ0n) is 15.6. The zero-order chi connectivity index (χ0) is 18.4. The summed E-state index contributed by atoms with van der Waals surface area (Å²) in [5, 5.41) is 17.2.